The molecule has 134 valence electrons. The van der Waals surface area contributed by atoms with Crippen LogP contribution in [0.4, 0.5) is 0 Å². The Balaban J connectivity index is 1.85. The van der Waals surface area contributed by atoms with Crippen molar-refractivity contribution in [2.45, 2.75) is 58.6 Å². The number of hydrogen-bond donors (Lipinski definition) is 1. The Labute approximate surface area is 151 Å². The zero-order valence-electron chi connectivity index (χ0n) is 15.7. The molecule has 0 spiro atoms. The number of amides is 1. The van der Waals surface area contributed by atoms with Crippen LogP contribution < -0.4 is 10.1 Å². The Hall–Kier alpha value is -2.29. The van der Waals surface area contributed by atoms with Crippen LogP contribution in [-0.2, 0) is 11.2 Å². The van der Waals surface area contributed by atoms with Crippen molar-refractivity contribution in [2.24, 2.45) is 0 Å². The average Bonchev–Trinajstić information content (AvgIpc) is 2.61. The van der Waals surface area contributed by atoms with Crippen LogP contribution in [0.5, 0.6) is 5.75 Å². The Morgan fingerprint density at radius 3 is 2.28 bits per heavy atom. The first-order valence-electron chi connectivity index (χ1n) is 9.07. The molecule has 0 bridgehead atoms. The third-order valence-electron chi connectivity index (χ3n) is 4.31. The first kappa shape index (κ1) is 19.0. The predicted octanol–water partition coefficient (Wildman–Crippen LogP) is 4.71. The van der Waals surface area contributed by atoms with E-state index < -0.39 is 6.10 Å². The van der Waals surface area contributed by atoms with Crippen molar-refractivity contribution in [1.82, 2.24) is 5.32 Å². The van der Waals surface area contributed by atoms with E-state index in [4.69, 9.17) is 4.74 Å². The summed E-state index contributed by atoms with van der Waals surface area (Å²) in [6.45, 7) is 8.09. The maximum atomic E-state index is 12.4. The SMILES string of the molecule is CC(C)c1ccccc1O[C@H](C)C(=O)N[C@@H](C)CCc1ccccc1. The van der Waals surface area contributed by atoms with Crippen LogP contribution in [0.2, 0.25) is 0 Å². The van der Waals surface area contributed by atoms with E-state index in [0.717, 1.165) is 24.2 Å². The highest BCUT2D eigenvalue weighted by Crippen LogP contribution is 2.26. The van der Waals surface area contributed by atoms with Gasteiger partial charge in [0.1, 0.15) is 5.75 Å². The van der Waals surface area contributed by atoms with Crippen molar-refractivity contribution in [3.8, 4) is 5.75 Å². The van der Waals surface area contributed by atoms with Crippen LogP contribution in [0, 0.1) is 0 Å². The quantitative estimate of drug-likeness (QED) is 0.756. The second-order valence-corrected chi connectivity index (χ2v) is 6.89. The lowest BCUT2D eigenvalue weighted by molar-refractivity contribution is -0.127. The van der Waals surface area contributed by atoms with Crippen LogP contribution in [0.3, 0.4) is 0 Å². The molecule has 1 amide bonds. The van der Waals surface area contributed by atoms with Gasteiger partial charge in [-0.05, 0) is 49.8 Å². The molecule has 2 aromatic rings. The number of carbonyl (C=O) groups is 1. The summed E-state index contributed by atoms with van der Waals surface area (Å²) >= 11 is 0. The predicted molar refractivity (Wildman–Crippen MR) is 103 cm³/mol. The number of nitrogens with one attached hydrogen (secondary N) is 1. The Morgan fingerprint density at radius 1 is 0.960 bits per heavy atom. The molecular formula is C22H29NO2. The van der Waals surface area contributed by atoms with E-state index in [2.05, 4.69) is 31.3 Å². The number of hydrogen-bond acceptors (Lipinski definition) is 2. The minimum absolute atomic E-state index is 0.0703. The van der Waals surface area contributed by atoms with Gasteiger partial charge < -0.3 is 10.1 Å². The lowest BCUT2D eigenvalue weighted by Crippen LogP contribution is -2.41. The molecule has 2 atom stereocenters. The van der Waals surface area contributed by atoms with Crippen molar-refractivity contribution >= 4 is 5.91 Å². The molecular weight excluding hydrogens is 310 g/mol. The molecule has 3 heteroatoms. The second-order valence-electron chi connectivity index (χ2n) is 6.89. The summed E-state index contributed by atoms with van der Waals surface area (Å²) < 4.78 is 5.92. The first-order valence-corrected chi connectivity index (χ1v) is 9.07. The Morgan fingerprint density at radius 2 is 1.60 bits per heavy atom. The van der Waals surface area contributed by atoms with Gasteiger partial charge in [0.15, 0.2) is 6.10 Å². The summed E-state index contributed by atoms with van der Waals surface area (Å²) in [4.78, 5) is 12.4. The minimum atomic E-state index is -0.515. The molecule has 0 fully saturated rings. The third kappa shape index (κ3) is 5.93. The van der Waals surface area contributed by atoms with Gasteiger partial charge >= 0.3 is 0 Å². The Kier molecular flexibility index (Phi) is 7.05. The number of ether oxygens (including phenoxy) is 1. The number of carbonyl (C=O) groups excluding carboxylic acids is 1. The Bertz CT molecular complexity index is 667. The average molecular weight is 339 g/mol. The largest absolute Gasteiger partial charge is 0.481 e. The van der Waals surface area contributed by atoms with Crippen LogP contribution in [-0.4, -0.2) is 18.1 Å². The van der Waals surface area contributed by atoms with Gasteiger partial charge in [0.25, 0.3) is 5.91 Å². The summed E-state index contributed by atoms with van der Waals surface area (Å²) in [6.07, 6.45) is 1.35. The highest BCUT2D eigenvalue weighted by atomic mass is 16.5. The van der Waals surface area contributed by atoms with Crippen LogP contribution in [0.1, 0.15) is 51.2 Å². The maximum absolute atomic E-state index is 12.4. The van der Waals surface area contributed by atoms with Gasteiger partial charge in [-0.3, -0.25) is 4.79 Å². The monoisotopic (exact) mass is 339 g/mol. The van der Waals surface area contributed by atoms with Crippen LogP contribution in [0.15, 0.2) is 54.6 Å². The maximum Gasteiger partial charge on any atom is 0.260 e. The van der Waals surface area contributed by atoms with Crippen molar-refractivity contribution < 1.29 is 9.53 Å². The molecule has 2 rings (SSSR count). The molecule has 0 aliphatic carbocycles. The lowest BCUT2D eigenvalue weighted by atomic mass is 10.0. The molecule has 0 unspecified atom stereocenters. The van der Waals surface area contributed by atoms with Crippen molar-refractivity contribution in [3.05, 3.63) is 65.7 Å². The number of aryl methyl sites for hydroxylation is 1. The van der Waals surface area contributed by atoms with Gasteiger partial charge in [0.2, 0.25) is 0 Å². The van der Waals surface area contributed by atoms with Gasteiger partial charge in [-0.1, -0.05) is 62.4 Å². The topological polar surface area (TPSA) is 38.3 Å². The third-order valence-corrected chi connectivity index (χ3v) is 4.31. The number of benzene rings is 2. The molecule has 0 saturated carbocycles. The van der Waals surface area contributed by atoms with Gasteiger partial charge in [0, 0.05) is 6.04 Å². The molecule has 25 heavy (non-hydrogen) atoms. The van der Waals surface area contributed by atoms with E-state index >= 15 is 0 Å². The lowest BCUT2D eigenvalue weighted by Gasteiger charge is -2.21. The number of rotatable bonds is 8. The van der Waals surface area contributed by atoms with Crippen molar-refractivity contribution in [1.29, 1.82) is 0 Å². The fourth-order valence-electron chi connectivity index (χ4n) is 2.77. The summed E-state index contributed by atoms with van der Waals surface area (Å²) in [5.74, 6) is 1.08. The van der Waals surface area contributed by atoms with Gasteiger partial charge in [-0.25, -0.2) is 0 Å². The molecule has 0 heterocycles. The van der Waals surface area contributed by atoms with Crippen LogP contribution >= 0.6 is 0 Å². The summed E-state index contributed by atoms with van der Waals surface area (Å²) in [6, 6.07) is 18.4. The van der Waals surface area contributed by atoms with E-state index in [0.29, 0.717) is 5.92 Å². The highest BCUT2D eigenvalue weighted by Gasteiger charge is 2.18. The minimum Gasteiger partial charge on any atom is -0.481 e. The summed E-state index contributed by atoms with van der Waals surface area (Å²) in [7, 11) is 0. The van der Waals surface area contributed by atoms with Crippen molar-refractivity contribution in [3.63, 3.8) is 0 Å². The van der Waals surface area contributed by atoms with E-state index in [-0.39, 0.29) is 11.9 Å². The highest BCUT2D eigenvalue weighted by molar-refractivity contribution is 5.81. The van der Waals surface area contributed by atoms with E-state index in [1.165, 1.54) is 5.56 Å². The fourth-order valence-corrected chi connectivity index (χ4v) is 2.77. The molecule has 3 nitrogen and oxygen atoms in total. The first-order chi connectivity index (χ1) is 12.0. The van der Waals surface area contributed by atoms with Crippen molar-refractivity contribution in [2.75, 3.05) is 0 Å². The van der Waals surface area contributed by atoms with E-state index in [1.807, 2.05) is 49.4 Å². The smallest absolute Gasteiger partial charge is 0.260 e. The zero-order chi connectivity index (χ0) is 18.2. The normalized spacial score (nSPS) is 13.3. The molecule has 0 radical (unpaired) electrons. The van der Waals surface area contributed by atoms with E-state index in [1.54, 1.807) is 6.92 Å². The summed E-state index contributed by atoms with van der Waals surface area (Å²) in [5.41, 5.74) is 2.41. The van der Waals surface area contributed by atoms with Gasteiger partial charge in [-0.15, -0.1) is 0 Å². The molecule has 0 aromatic heterocycles. The number of para-hydroxylation sites is 1. The molecule has 0 saturated heterocycles. The molecule has 0 aliphatic heterocycles. The zero-order valence-corrected chi connectivity index (χ0v) is 15.7. The standard InChI is InChI=1S/C22H29NO2/c1-16(2)20-12-8-9-13-21(20)25-18(4)22(24)23-17(3)14-15-19-10-6-5-7-11-19/h5-13,16-18H,14-15H2,1-4H3,(H,23,24)/t17-,18+/m0/s1. The summed E-state index contributed by atoms with van der Waals surface area (Å²) in [5, 5.41) is 3.05. The molecule has 2 aromatic carbocycles. The molecule has 0 aliphatic rings. The fraction of sp³-hybridized carbons (Fsp3) is 0.409. The second kappa shape index (κ2) is 9.26. The van der Waals surface area contributed by atoms with Gasteiger partial charge in [-0.2, -0.15) is 0 Å². The van der Waals surface area contributed by atoms with E-state index in [9.17, 15) is 4.79 Å². The molecule has 1 N–H and O–H groups in total. The van der Waals surface area contributed by atoms with Crippen LogP contribution in [0.25, 0.3) is 0 Å². The van der Waals surface area contributed by atoms with Gasteiger partial charge in [0.05, 0.1) is 0 Å².